The Morgan fingerprint density at radius 1 is 1.11 bits per heavy atom. The molecule has 1 heterocycles. The molecule has 1 aliphatic heterocycles. The van der Waals surface area contributed by atoms with E-state index in [1.54, 1.807) is 0 Å². The highest BCUT2D eigenvalue weighted by atomic mass is 19.1. The van der Waals surface area contributed by atoms with Crippen molar-refractivity contribution < 1.29 is 18.8 Å². The van der Waals surface area contributed by atoms with Crippen LogP contribution >= 0.6 is 0 Å². The summed E-state index contributed by atoms with van der Waals surface area (Å²) in [5.41, 5.74) is 0.670. The summed E-state index contributed by atoms with van der Waals surface area (Å²) in [6, 6.07) is 5.60. The molecule has 1 aromatic carbocycles. The zero-order chi connectivity index (χ0) is 13.8. The summed E-state index contributed by atoms with van der Waals surface area (Å²) >= 11 is 0. The number of amides is 2. The van der Waals surface area contributed by atoms with Gasteiger partial charge in [-0.3, -0.25) is 19.3 Å². The van der Waals surface area contributed by atoms with Crippen LogP contribution in [0.1, 0.15) is 24.8 Å². The Hall–Kier alpha value is -2.04. The molecule has 5 heteroatoms. The second-order valence-electron chi connectivity index (χ2n) is 4.57. The topological polar surface area (TPSA) is 54.5 Å². The van der Waals surface area contributed by atoms with Crippen molar-refractivity contribution in [2.75, 3.05) is 6.54 Å². The van der Waals surface area contributed by atoms with Crippen LogP contribution in [0.25, 0.3) is 0 Å². The van der Waals surface area contributed by atoms with E-state index in [2.05, 4.69) is 0 Å². The van der Waals surface area contributed by atoms with Crippen LogP contribution < -0.4 is 0 Å². The molecule has 1 saturated heterocycles. The van der Waals surface area contributed by atoms with Crippen molar-refractivity contribution in [1.82, 2.24) is 4.90 Å². The Balaban J connectivity index is 1.95. The van der Waals surface area contributed by atoms with Crippen LogP contribution in [-0.4, -0.2) is 29.0 Å². The van der Waals surface area contributed by atoms with E-state index in [1.165, 1.54) is 24.3 Å². The van der Waals surface area contributed by atoms with Gasteiger partial charge in [0.05, 0.1) is 6.54 Å². The third kappa shape index (κ3) is 3.47. The van der Waals surface area contributed by atoms with Crippen LogP contribution in [0.4, 0.5) is 4.39 Å². The van der Waals surface area contributed by atoms with Crippen molar-refractivity contribution in [1.29, 1.82) is 0 Å². The summed E-state index contributed by atoms with van der Waals surface area (Å²) in [4.78, 5) is 35.9. The number of halogens is 1. The summed E-state index contributed by atoms with van der Waals surface area (Å²) < 4.78 is 12.7. The molecular formula is C14H14FNO3. The van der Waals surface area contributed by atoms with Gasteiger partial charge in [-0.15, -0.1) is 0 Å². The maximum Gasteiger partial charge on any atom is 0.229 e. The highest BCUT2D eigenvalue weighted by molar-refractivity contribution is 6.01. The molecule has 0 aliphatic carbocycles. The molecule has 0 spiro atoms. The van der Waals surface area contributed by atoms with Crippen LogP contribution in [0.3, 0.4) is 0 Å². The van der Waals surface area contributed by atoms with E-state index in [9.17, 15) is 18.8 Å². The van der Waals surface area contributed by atoms with Gasteiger partial charge in [0.1, 0.15) is 5.82 Å². The Morgan fingerprint density at radius 2 is 1.68 bits per heavy atom. The molecule has 100 valence electrons. The van der Waals surface area contributed by atoms with E-state index >= 15 is 0 Å². The fourth-order valence-corrected chi connectivity index (χ4v) is 2.04. The monoisotopic (exact) mass is 263 g/mol. The lowest BCUT2D eigenvalue weighted by Crippen LogP contribution is -2.43. The van der Waals surface area contributed by atoms with E-state index in [1.807, 2.05) is 0 Å². The van der Waals surface area contributed by atoms with Gasteiger partial charge in [0, 0.05) is 19.3 Å². The van der Waals surface area contributed by atoms with Crippen LogP contribution in [0.15, 0.2) is 24.3 Å². The number of piperidine rings is 1. The van der Waals surface area contributed by atoms with Gasteiger partial charge >= 0.3 is 0 Å². The minimum atomic E-state index is -0.363. The SMILES string of the molecule is O=C(Cc1ccc(F)cc1)CN1C(=O)CCCC1=O. The summed E-state index contributed by atoms with van der Waals surface area (Å²) in [7, 11) is 0. The molecule has 2 rings (SSSR count). The maximum atomic E-state index is 12.7. The average molecular weight is 263 g/mol. The van der Waals surface area contributed by atoms with Gasteiger partial charge < -0.3 is 0 Å². The first-order valence-electron chi connectivity index (χ1n) is 6.15. The number of hydrogen-bond donors (Lipinski definition) is 0. The largest absolute Gasteiger partial charge is 0.297 e. The lowest BCUT2D eigenvalue weighted by Gasteiger charge is -2.24. The smallest absolute Gasteiger partial charge is 0.229 e. The number of rotatable bonds is 4. The maximum absolute atomic E-state index is 12.7. The summed E-state index contributed by atoms with van der Waals surface area (Å²) in [5, 5.41) is 0. The predicted octanol–water partition coefficient (Wildman–Crippen LogP) is 1.48. The quantitative estimate of drug-likeness (QED) is 0.773. The molecule has 19 heavy (non-hydrogen) atoms. The number of hydrogen-bond acceptors (Lipinski definition) is 3. The zero-order valence-corrected chi connectivity index (χ0v) is 10.4. The van der Waals surface area contributed by atoms with E-state index in [4.69, 9.17) is 0 Å². The Morgan fingerprint density at radius 3 is 2.26 bits per heavy atom. The molecule has 1 aromatic rings. The lowest BCUT2D eigenvalue weighted by atomic mass is 10.1. The van der Waals surface area contributed by atoms with Crippen molar-refractivity contribution in [3.05, 3.63) is 35.6 Å². The Labute approximate surface area is 110 Å². The minimum Gasteiger partial charge on any atom is -0.297 e. The summed E-state index contributed by atoms with van der Waals surface area (Å²) in [6.45, 7) is -0.185. The number of imide groups is 1. The first-order valence-corrected chi connectivity index (χ1v) is 6.15. The first kappa shape index (κ1) is 13.4. The van der Waals surface area contributed by atoms with Gasteiger partial charge in [0.2, 0.25) is 11.8 Å². The zero-order valence-electron chi connectivity index (χ0n) is 10.4. The average Bonchev–Trinajstić information content (AvgIpc) is 2.37. The number of carbonyl (C=O) groups is 3. The van der Waals surface area contributed by atoms with Gasteiger partial charge in [0.25, 0.3) is 0 Å². The van der Waals surface area contributed by atoms with Gasteiger partial charge in [0.15, 0.2) is 5.78 Å². The van der Waals surface area contributed by atoms with Crippen LogP contribution in [0, 0.1) is 5.82 Å². The molecule has 2 amide bonds. The number of carbonyl (C=O) groups excluding carboxylic acids is 3. The lowest BCUT2D eigenvalue weighted by molar-refractivity contribution is -0.150. The molecule has 0 N–H and O–H groups in total. The molecule has 0 aromatic heterocycles. The molecule has 0 radical (unpaired) electrons. The first-order chi connectivity index (χ1) is 9.06. The Bertz CT molecular complexity index is 494. The molecule has 0 saturated carbocycles. The minimum absolute atomic E-state index is 0.0946. The van der Waals surface area contributed by atoms with Crippen molar-refractivity contribution in [3.63, 3.8) is 0 Å². The highest BCUT2D eigenvalue weighted by Crippen LogP contribution is 2.12. The Kier molecular flexibility index (Phi) is 4.04. The van der Waals surface area contributed by atoms with E-state index in [0.29, 0.717) is 24.8 Å². The van der Waals surface area contributed by atoms with Gasteiger partial charge in [-0.1, -0.05) is 12.1 Å². The third-order valence-corrected chi connectivity index (χ3v) is 3.03. The predicted molar refractivity (Wildman–Crippen MR) is 65.7 cm³/mol. The van der Waals surface area contributed by atoms with Crippen LogP contribution in [0.2, 0.25) is 0 Å². The second-order valence-corrected chi connectivity index (χ2v) is 4.57. The van der Waals surface area contributed by atoms with Crippen molar-refractivity contribution in [3.8, 4) is 0 Å². The molecule has 1 aliphatic rings. The standard InChI is InChI=1S/C14H14FNO3/c15-11-6-4-10(5-7-11)8-12(17)9-16-13(18)2-1-3-14(16)19/h4-7H,1-3,8-9H2. The highest BCUT2D eigenvalue weighted by Gasteiger charge is 2.27. The number of Topliss-reactive ketones (excluding diaryl/α,β-unsaturated/α-hetero) is 1. The third-order valence-electron chi connectivity index (χ3n) is 3.03. The van der Waals surface area contributed by atoms with E-state index in [-0.39, 0.29) is 36.4 Å². The molecule has 0 unspecified atom stereocenters. The van der Waals surface area contributed by atoms with Gasteiger partial charge in [-0.25, -0.2) is 4.39 Å². The van der Waals surface area contributed by atoms with Crippen molar-refractivity contribution >= 4 is 17.6 Å². The van der Waals surface area contributed by atoms with Crippen molar-refractivity contribution in [2.24, 2.45) is 0 Å². The number of nitrogens with zero attached hydrogens (tertiary/aromatic N) is 1. The van der Waals surface area contributed by atoms with Crippen molar-refractivity contribution in [2.45, 2.75) is 25.7 Å². The van der Waals surface area contributed by atoms with E-state index in [0.717, 1.165) is 4.90 Å². The number of ketones is 1. The normalized spacial score (nSPS) is 15.7. The van der Waals surface area contributed by atoms with Gasteiger partial charge in [-0.05, 0) is 24.1 Å². The molecule has 0 atom stereocenters. The second kappa shape index (κ2) is 5.73. The fourth-order valence-electron chi connectivity index (χ4n) is 2.04. The number of benzene rings is 1. The van der Waals surface area contributed by atoms with Crippen LogP contribution in [0.5, 0.6) is 0 Å². The summed E-state index contributed by atoms with van der Waals surface area (Å²) in [6.07, 6.45) is 1.28. The number of likely N-dealkylation sites (tertiary alicyclic amines) is 1. The molecule has 4 nitrogen and oxygen atoms in total. The molecule has 1 fully saturated rings. The fraction of sp³-hybridized carbons (Fsp3) is 0.357. The van der Waals surface area contributed by atoms with Crippen LogP contribution in [-0.2, 0) is 20.8 Å². The molecular weight excluding hydrogens is 249 g/mol. The van der Waals surface area contributed by atoms with E-state index < -0.39 is 0 Å². The summed E-state index contributed by atoms with van der Waals surface area (Å²) in [5.74, 6) is -1.17. The van der Waals surface area contributed by atoms with Gasteiger partial charge in [-0.2, -0.15) is 0 Å². The molecule has 0 bridgehead atoms.